The van der Waals surface area contributed by atoms with Gasteiger partial charge < -0.3 is 14.4 Å². The highest BCUT2D eigenvalue weighted by atomic mass is 16.5. The summed E-state index contributed by atoms with van der Waals surface area (Å²) in [7, 11) is 0. The summed E-state index contributed by atoms with van der Waals surface area (Å²) < 4.78 is 12.7. The molecule has 3 heterocycles. The van der Waals surface area contributed by atoms with Crippen molar-refractivity contribution in [1.82, 2.24) is 0 Å². The molecule has 0 saturated heterocycles. The lowest BCUT2D eigenvalue weighted by Gasteiger charge is -2.49. The zero-order chi connectivity index (χ0) is 29.3. The van der Waals surface area contributed by atoms with Crippen molar-refractivity contribution in [2.45, 2.75) is 103 Å². The Hall–Kier alpha value is -3.69. The third-order valence-corrected chi connectivity index (χ3v) is 8.76. The summed E-state index contributed by atoms with van der Waals surface area (Å²) in [5.41, 5.74) is 4.75. The van der Waals surface area contributed by atoms with Gasteiger partial charge in [-0.05, 0) is 55.6 Å². The van der Waals surface area contributed by atoms with E-state index in [1.165, 1.54) is 29.7 Å². The second-order valence-electron chi connectivity index (χ2n) is 13.0. The highest BCUT2D eigenvalue weighted by Crippen LogP contribution is 2.54. The molecule has 0 aliphatic carbocycles. The summed E-state index contributed by atoms with van der Waals surface area (Å²) in [4.78, 5) is 2.55. The summed E-state index contributed by atoms with van der Waals surface area (Å²) >= 11 is 0. The number of rotatable bonds is 8. The van der Waals surface area contributed by atoms with Crippen molar-refractivity contribution in [3.05, 3.63) is 51.3 Å². The number of unbranched alkanes of at least 4 members (excludes halogenated alkanes) is 3. The molecule has 0 atom stereocenters. The van der Waals surface area contributed by atoms with Gasteiger partial charge in [-0.2, -0.15) is 15.8 Å². The Labute approximate surface area is 240 Å². The number of hydrogen-bond acceptors (Lipinski definition) is 6. The molecule has 1 aromatic carbocycles. The molecule has 0 radical (unpaired) electrons. The molecule has 210 valence electrons. The summed E-state index contributed by atoms with van der Waals surface area (Å²) in [6, 6.07) is 8.22. The van der Waals surface area contributed by atoms with Crippen LogP contribution >= 0.6 is 0 Å². The monoisotopic (exact) mass is 538 g/mol. The van der Waals surface area contributed by atoms with Crippen molar-refractivity contribution in [2.75, 3.05) is 24.6 Å². The third kappa shape index (κ3) is 5.23. The summed E-state index contributed by atoms with van der Waals surface area (Å²) in [5.74, 6) is 0.989. The molecule has 1 aromatic rings. The molecule has 3 aliphatic rings. The molecule has 0 spiro atoms. The largest absolute Gasteiger partial charge is 0.493 e. The lowest BCUT2D eigenvalue weighted by molar-refractivity contribution is 0.0954. The molecule has 0 saturated carbocycles. The van der Waals surface area contributed by atoms with Crippen LogP contribution in [0.1, 0.15) is 104 Å². The summed E-state index contributed by atoms with van der Waals surface area (Å²) in [6.45, 7) is 18.0. The van der Waals surface area contributed by atoms with E-state index < -0.39 is 5.60 Å². The fourth-order valence-corrected chi connectivity index (χ4v) is 6.21. The number of ether oxygens (including phenoxy) is 2. The second-order valence-corrected chi connectivity index (χ2v) is 13.0. The minimum atomic E-state index is -0.866. The lowest BCUT2D eigenvalue weighted by atomic mass is 9.68. The van der Waals surface area contributed by atoms with E-state index in [0.29, 0.717) is 12.2 Å². The minimum absolute atomic E-state index is 0.0213. The Morgan fingerprint density at radius 2 is 1.65 bits per heavy atom. The molecule has 0 aromatic heterocycles. The second kappa shape index (κ2) is 11.1. The molecule has 0 amide bonds. The Balaban J connectivity index is 1.92. The number of benzene rings is 1. The average Bonchev–Trinajstić information content (AvgIpc) is 3.16. The van der Waals surface area contributed by atoms with E-state index in [1.807, 2.05) is 38.1 Å². The quantitative estimate of drug-likeness (QED) is 0.248. The number of allylic oxidation sites excluding steroid dienone is 2. The Kier molecular flexibility index (Phi) is 8.10. The molecule has 0 fully saturated rings. The van der Waals surface area contributed by atoms with Gasteiger partial charge in [0, 0.05) is 35.5 Å². The van der Waals surface area contributed by atoms with Crippen LogP contribution in [0.15, 0.2) is 34.6 Å². The van der Waals surface area contributed by atoms with Crippen molar-refractivity contribution in [1.29, 1.82) is 15.8 Å². The Morgan fingerprint density at radius 1 is 0.975 bits per heavy atom. The maximum Gasteiger partial charge on any atom is 0.172 e. The van der Waals surface area contributed by atoms with E-state index in [2.05, 4.69) is 51.7 Å². The first-order chi connectivity index (χ1) is 18.9. The van der Waals surface area contributed by atoms with E-state index in [9.17, 15) is 15.8 Å². The number of hydrogen-bond donors (Lipinski definition) is 0. The van der Waals surface area contributed by atoms with Crippen LogP contribution in [0.3, 0.4) is 0 Å². The minimum Gasteiger partial charge on any atom is -0.493 e. The molecule has 3 aliphatic heterocycles. The van der Waals surface area contributed by atoms with Crippen molar-refractivity contribution in [3.63, 3.8) is 0 Å². The van der Waals surface area contributed by atoms with Crippen LogP contribution in [0, 0.1) is 34.0 Å². The van der Waals surface area contributed by atoms with Gasteiger partial charge in [-0.1, -0.05) is 66.0 Å². The van der Waals surface area contributed by atoms with Gasteiger partial charge in [-0.15, -0.1) is 0 Å². The zero-order valence-electron chi connectivity index (χ0n) is 25.2. The first-order valence-electron chi connectivity index (χ1n) is 14.6. The van der Waals surface area contributed by atoms with Crippen LogP contribution < -0.4 is 9.64 Å². The molecule has 0 N–H and O–H groups in total. The molecule has 0 unspecified atom stereocenters. The van der Waals surface area contributed by atoms with Crippen LogP contribution in [0.25, 0.3) is 6.08 Å². The lowest BCUT2D eigenvalue weighted by Crippen LogP contribution is -2.45. The van der Waals surface area contributed by atoms with Crippen LogP contribution in [-0.2, 0) is 15.6 Å². The first kappa shape index (κ1) is 29.3. The number of nitriles is 3. The van der Waals surface area contributed by atoms with E-state index in [4.69, 9.17) is 9.47 Å². The van der Waals surface area contributed by atoms with E-state index in [0.717, 1.165) is 50.1 Å². The van der Waals surface area contributed by atoms with Gasteiger partial charge >= 0.3 is 0 Å². The molecule has 4 rings (SSSR count). The van der Waals surface area contributed by atoms with Gasteiger partial charge in [-0.3, -0.25) is 0 Å². The van der Waals surface area contributed by atoms with Crippen LogP contribution in [0.4, 0.5) is 5.69 Å². The Morgan fingerprint density at radius 3 is 2.27 bits per heavy atom. The van der Waals surface area contributed by atoms with Crippen molar-refractivity contribution >= 4 is 11.8 Å². The maximum atomic E-state index is 10.0. The highest BCUT2D eigenvalue weighted by Gasteiger charge is 2.43. The van der Waals surface area contributed by atoms with E-state index in [1.54, 1.807) is 0 Å². The van der Waals surface area contributed by atoms with Crippen LogP contribution in [0.2, 0.25) is 0 Å². The molecule has 40 heavy (non-hydrogen) atoms. The van der Waals surface area contributed by atoms with Gasteiger partial charge in [0.15, 0.2) is 11.3 Å². The molecular weight excluding hydrogens is 496 g/mol. The van der Waals surface area contributed by atoms with Gasteiger partial charge in [0.2, 0.25) is 0 Å². The fourth-order valence-electron chi connectivity index (χ4n) is 6.21. The van der Waals surface area contributed by atoms with Gasteiger partial charge in [-0.25, -0.2) is 0 Å². The zero-order valence-corrected chi connectivity index (χ0v) is 25.2. The average molecular weight is 539 g/mol. The molecule has 6 heteroatoms. The van der Waals surface area contributed by atoms with Crippen LogP contribution in [0.5, 0.6) is 5.75 Å². The summed E-state index contributed by atoms with van der Waals surface area (Å²) in [6.07, 6.45) is 10.6. The number of anilines is 1. The molecule has 6 nitrogen and oxygen atoms in total. The topological polar surface area (TPSA) is 93.1 Å². The van der Waals surface area contributed by atoms with Gasteiger partial charge in [0.25, 0.3) is 0 Å². The van der Waals surface area contributed by atoms with Crippen molar-refractivity contribution in [2.24, 2.45) is 0 Å². The predicted octanol–water partition coefficient (Wildman–Crippen LogP) is 7.76. The van der Waals surface area contributed by atoms with Crippen molar-refractivity contribution in [3.8, 4) is 24.0 Å². The number of nitrogens with zero attached hydrogens (tertiary/aromatic N) is 4. The van der Waals surface area contributed by atoms with Crippen molar-refractivity contribution < 1.29 is 9.47 Å². The van der Waals surface area contributed by atoms with Crippen LogP contribution in [-0.4, -0.2) is 25.3 Å². The first-order valence-corrected chi connectivity index (χ1v) is 14.6. The smallest absolute Gasteiger partial charge is 0.172 e. The van der Waals surface area contributed by atoms with Gasteiger partial charge in [0.05, 0.1) is 6.61 Å². The SMILES string of the molecule is CCCCCCOc1c(/C=C/C2=C(C#N)C(=C(C#N)C#N)OC2(C)C)cc2c3c1C(C)(C)CCN3CCC2(C)C. The standard InChI is InChI=1S/C34H42N4O2/c1-8-9-10-11-18-39-31-23(12-13-26-25(22-37)30(24(20-35)21-36)40-34(26,6)7)19-27-29-28(31)33(4,5)15-17-38(29)16-14-32(27,2)3/h12-13,19H,8-11,14-18H2,1-7H3/b13-12+. The fraction of sp³-hybridized carbons (Fsp3) is 0.559. The van der Waals surface area contributed by atoms with Gasteiger partial charge in [0.1, 0.15) is 35.1 Å². The maximum absolute atomic E-state index is 10.0. The normalized spacial score (nSPS) is 19.9. The third-order valence-electron chi connectivity index (χ3n) is 8.76. The van der Waals surface area contributed by atoms with E-state index >= 15 is 0 Å². The summed E-state index contributed by atoms with van der Waals surface area (Å²) in [5, 5.41) is 28.9. The van der Waals surface area contributed by atoms with E-state index in [-0.39, 0.29) is 27.7 Å². The highest BCUT2D eigenvalue weighted by molar-refractivity contribution is 5.78. The predicted molar refractivity (Wildman–Crippen MR) is 159 cm³/mol. The molecule has 0 bridgehead atoms. The Bertz CT molecular complexity index is 1380. The molecular formula is C34H42N4O2.